The van der Waals surface area contributed by atoms with Crippen LogP contribution >= 0.6 is 23.2 Å². The topological polar surface area (TPSA) is 101 Å². The Hall–Kier alpha value is -3.02. The van der Waals surface area contributed by atoms with E-state index in [1.54, 1.807) is 47.4 Å². The van der Waals surface area contributed by atoms with E-state index >= 15 is 0 Å². The molecule has 220 valence electrons. The lowest BCUT2D eigenvalue weighted by Crippen LogP contribution is -2.52. The fourth-order valence-electron chi connectivity index (χ4n) is 4.68. The summed E-state index contributed by atoms with van der Waals surface area (Å²) in [5.74, 6) is 0.749. The third-order valence-corrected chi connectivity index (χ3v) is 8.95. The first-order valence-electron chi connectivity index (χ1n) is 12.7. The van der Waals surface area contributed by atoms with Crippen LogP contribution in [0.5, 0.6) is 17.2 Å². The molecule has 1 atom stereocenters. The summed E-state index contributed by atoms with van der Waals surface area (Å²) in [7, 11) is 0.408. The zero-order valence-corrected chi connectivity index (χ0v) is 25.4. The van der Waals surface area contributed by atoms with Crippen LogP contribution in [-0.4, -0.2) is 66.9 Å². The number of aryl methyl sites for hydroxylation is 1. The number of hydrogen-bond donors (Lipinski definition) is 0. The molecular formula is C29H31Cl2NO8S. The highest BCUT2D eigenvalue weighted by Crippen LogP contribution is 2.40. The molecule has 0 bridgehead atoms. The normalized spacial score (nSPS) is 17.3. The van der Waals surface area contributed by atoms with Gasteiger partial charge >= 0.3 is 0 Å². The number of rotatable bonds is 10. The number of methoxy groups -OCH3 is 3. The lowest BCUT2D eigenvalue weighted by molar-refractivity contribution is -0.114. The fourth-order valence-corrected chi connectivity index (χ4v) is 5.89. The summed E-state index contributed by atoms with van der Waals surface area (Å²) in [6.07, 6.45) is 0.106. The van der Waals surface area contributed by atoms with E-state index in [0.29, 0.717) is 45.0 Å². The molecule has 0 saturated carbocycles. The highest BCUT2D eigenvalue weighted by Gasteiger charge is 2.41. The Morgan fingerprint density at radius 1 is 0.951 bits per heavy atom. The Labute approximate surface area is 249 Å². The second kappa shape index (κ2) is 12.9. The zero-order chi connectivity index (χ0) is 29.8. The standard InChI is InChI=1S/C29H31Cl2NO8S/c1-19-5-8-22(9-6-19)41(34,35)40-13-11-29(21-7-10-23(30)24(31)17-21)18-32(12-14-39-29)28(33)20-15-25(36-2)27(38-4)26(16-20)37-3/h5-10,15-17H,11-14,18H2,1-4H3/t29-/m0/s1. The Morgan fingerprint density at radius 3 is 2.20 bits per heavy atom. The highest BCUT2D eigenvalue weighted by molar-refractivity contribution is 7.86. The quantitative estimate of drug-likeness (QED) is 0.273. The molecule has 0 spiro atoms. The number of carbonyl (C=O) groups excluding carboxylic acids is 1. The van der Waals surface area contributed by atoms with Crippen LogP contribution in [0.15, 0.2) is 59.5 Å². The molecule has 1 aliphatic heterocycles. The summed E-state index contributed by atoms with van der Waals surface area (Å²) >= 11 is 12.5. The lowest BCUT2D eigenvalue weighted by Gasteiger charge is -2.43. The molecule has 0 unspecified atom stereocenters. The van der Waals surface area contributed by atoms with Crippen molar-refractivity contribution in [2.75, 3.05) is 47.6 Å². The number of nitrogens with zero attached hydrogens (tertiary/aromatic N) is 1. The van der Waals surface area contributed by atoms with Gasteiger partial charge in [0.15, 0.2) is 11.5 Å². The second-order valence-electron chi connectivity index (χ2n) is 9.45. The van der Waals surface area contributed by atoms with Gasteiger partial charge in [-0.2, -0.15) is 8.42 Å². The molecule has 3 aromatic rings. The number of morpholine rings is 1. The van der Waals surface area contributed by atoms with Crippen LogP contribution in [0.4, 0.5) is 0 Å². The van der Waals surface area contributed by atoms with E-state index in [2.05, 4.69) is 0 Å². The minimum atomic E-state index is -4.02. The van der Waals surface area contributed by atoms with Crippen LogP contribution in [0.3, 0.4) is 0 Å². The van der Waals surface area contributed by atoms with Crippen LogP contribution in [0, 0.1) is 6.92 Å². The Kier molecular flexibility index (Phi) is 9.71. The van der Waals surface area contributed by atoms with Crippen molar-refractivity contribution in [2.45, 2.75) is 23.8 Å². The molecule has 0 radical (unpaired) electrons. The molecule has 0 aliphatic carbocycles. The molecule has 0 aromatic heterocycles. The molecular weight excluding hydrogens is 593 g/mol. The van der Waals surface area contributed by atoms with Crippen molar-refractivity contribution in [1.29, 1.82) is 0 Å². The van der Waals surface area contributed by atoms with Crippen LogP contribution < -0.4 is 14.2 Å². The summed E-state index contributed by atoms with van der Waals surface area (Å²) in [5, 5.41) is 0.651. The first-order valence-corrected chi connectivity index (χ1v) is 14.8. The van der Waals surface area contributed by atoms with Gasteiger partial charge in [-0.25, -0.2) is 0 Å². The van der Waals surface area contributed by atoms with E-state index in [1.165, 1.54) is 33.5 Å². The van der Waals surface area contributed by atoms with Crippen LogP contribution in [0.2, 0.25) is 10.0 Å². The predicted octanol–water partition coefficient (Wildman–Crippen LogP) is 5.49. The molecule has 1 fully saturated rings. The third kappa shape index (κ3) is 6.73. The number of benzene rings is 3. The van der Waals surface area contributed by atoms with Gasteiger partial charge in [0, 0.05) is 18.5 Å². The van der Waals surface area contributed by atoms with Crippen molar-refractivity contribution in [3.63, 3.8) is 0 Å². The minimum absolute atomic E-state index is 0.0513. The molecule has 41 heavy (non-hydrogen) atoms. The van der Waals surface area contributed by atoms with E-state index in [9.17, 15) is 13.2 Å². The van der Waals surface area contributed by atoms with Gasteiger partial charge in [-0.1, -0.05) is 47.0 Å². The number of hydrogen-bond acceptors (Lipinski definition) is 8. The van der Waals surface area contributed by atoms with Crippen LogP contribution in [0.1, 0.15) is 27.9 Å². The number of halogens is 2. The van der Waals surface area contributed by atoms with Crippen molar-refractivity contribution in [3.05, 3.63) is 81.3 Å². The zero-order valence-electron chi connectivity index (χ0n) is 23.1. The first kappa shape index (κ1) is 30.9. The van der Waals surface area contributed by atoms with Crippen molar-refractivity contribution in [3.8, 4) is 17.2 Å². The Bertz CT molecular complexity index is 1490. The van der Waals surface area contributed by atoms with Crippen LogP contribution in [-0.2, 0) is 24.6 Å². The molecule has 1 aliphatic rings. The van der Waals surface area contributed by atoms with Gasteiger partial charge in [0.2, 0.25) is 5.75 Å². The molecule has 1 amide bonds. The maximum atomic E-state index is 13.8. The monoisotopic (exact) mass is 623 g/mol. The Morgan fingerprint density at radius 2 is 1.61 bits per heavy atom. The summed E-state index contributed by atoms with van der Waals surface area (Å²) in [6, 6.07) is 14.6. The van der Waals surface area contributed by atoms with E-state index in [-0.39, 0.29) is 37.0 Å². The number of ether oxygens (including phenoxy) is 4. The van der Waals surface area contributed by atoms with Gasteiger partial charge in [-0.3, -0.25) is 8.98 Å². The summed E-state index contributed by atoms with van der Waals surface area (Å²) in [6.45, 7) is 2.23. The van der Waals surface area contributed by atoms with Crippen LogP contribution in [0.25, 0.3) is 0 Å². The molecule has 4 rings (SSSR count). The molecule has 9 nitrogen and oxygen atoms in total. The number of amides is 1. The van der Waals surface area contributed by atoms with E-state index in [4.69, 9.17) is 46.3 Å². The predicted molar refractivity (Wildman–Crippen MR) is 155 cm³/mol. The van der Waals surface area contributed by atoms with E-state index < -0.39 is 15.7 Å². The van der Waals surface area contributed by atoms with Crippen molar-refractivity contribution in [2.24, 2.45) is 0 Å². The fraction of sp³-hybridized carbons (Fsp3) is 0.345. The molecule has 3 aromatic carbocycles. The summed E-state index contributed by atoms with van der Waals surface area (Å²) in [5.41, 5.74) is 0.745. The van der Waals surface area contributed by atoms with Gasteiger partial charge in [0.05, 0.1) is 56.0 Å². The van der Waals surface area contributed by atoms with Crippen molar-refractivity contribution in [1.82, 2.24) is 4.90 Å². The molecule has 1 heterocycles. The van der Waals surface area contributed by atoms with Crippen molar-refractivity contribution < 1.29 is 36.3 Å². The summed E-state index contributed by atoms with van der Waals surface area (Å²) in [4.78, 5) is 15.4. The number of carbonyl (C=O) groups is 1. The SMILES string of the molecule is COc1cc(C(=O)N2CCO[C@](CCOS(=O)(=O)c3ccc(C)cc3)(c3ccc(Cl)c(Cl)c3)C2)cc(OC)c1OC. The van der Waals surface area contributed by atoms with E-state index in [0.717, 1.165) is 5.56 Å². The first-order chi connectivity index (χ1) is 19.5. The van der Waals surface area contributed by atoms with Gasteiger partial charge in [0.25, 0.3) is 16.0 Å². The molecule has 0 N–H and O–H groups in total. The van der Waals surface area contributed by atoms with Gasteiger partial charge < -0.3 is 23.8 Å². The average Bonchev–Trinajstić information content (AvgIpc) is 2.97. The molecule has 1 saturated heterocycles. The maximum Gasteiger partial charge on any atom is 0.296 e. The smallest absolute Gasteiger partial charge is 0.296 e. The third-order valence-electron chi connectivity index (χ3n) is 6.88. The Balaban J connectivity index is 1.64. The maximum absolute atomic E-state index is 13.8. The second-order valence-corrected chi connectivity index (χ2v) is 11.9. The highest BCUT2D eigenvalue weighted by atomic mass is 35.5. The van der Waals surface area contributed by atoms with Crippen molar-refractivity contribution >= 4 is 39.2 Å². The molecule has 12 heteroatoms. The summed E-state index contributed by atoms with van der Waals surface area (Å²) < 4.78 is 53.6. The minimum Gasteiger partial charge on any atom is -0.493 e. The van der Waals surface area contributed by atoms with Gasteiger partial charge in [-0.05, 0) is 48.9 Å². The van der Waals surface area contributed by atoms with Gasteiger partial charge in [0.1, 0.15) is 5.60 Å². The largest absolute Gasteiger partial charge is 0.493 e. The van der Waals surface area contributed by atoms with Gasteiger partial charge in [-0.15, -0.1) is 0 Å². The van der Waals surface area contributed by atoms with E-state index in [1.807, 2.05) is 6.92 Å². The average molecular weight is 625 g/mol. The lowest BCUT2D eigenvalue weighted by atomic mass is 9.88.